The van der Waals surface area contributed by atoms with Gasteiger partial charge in [0.15, 0.2) is 0 Å². The molecule has 0 atom stereocenters. The van der Waals surface area contributed by atoms with Crippen molar-refractivity contribution in [2.45, 2.75) is 6.92 Å². The molecule has 1 aromatic carbocycles. The molecular formula is C11H13N3O2. The van der Waals surface area contributed by atoms with E-state index >= 15 is 0 Å². The standard InChI is InChI=1S/C11H13N3O2/c1-7-2-3-8(4-9(7)12)14-6-10(15)13-5-11(14)16/h2-4H,5-6,12H2,1H3,(H,13,15). The molecule has 0 saturated carbocycles. The highest BCUT2D eigenvalue weighted by molar-refractivity contribution is 6.04. The van der Waals surface area contributed by atoms with Crippen LogP contribution in [0.15, 0.2) is 18.2 Å². The summed E-state index contributed by atoms with van der Waals surface area (Å²) >= 11 is 0. The Balaban J connectivity index is 2.31. The molecule has 0 aliphatic carbocycles. The van der Waals surface area contributed by atoms with Gasteiger partial charge in [-0.05, 0) is 24.6 Å². The van der Waals surface area contributed by atoms with Crippen LogP contribution >= 0.6 is 0 Å². The summed E-state index contributed by atoms with van der Waals surface area (Å²) in [5.74, 6) is -0.276. The van der Waals surface area contributed by atoms with Crippen molar-refractivity contribution < 1.29 is 9.59 Å². The van der Waals surface area contributed by atoms with E-state index < -0.39 is 0 Å². The maximum atomic E-state index is 11.6. The molecule has 1 fully saturated rings. The maximum Gasteiger partial charge on any atom is 0.246 e. The van der Waals surface area contributed by atoms with E-state index in [2.05, 4.69) is 5.32 Å². The first-order valence-electron chi connectivity index (χ1n) is 5.01. The first kappa shape index (κ1) is 10.5. The second-order valence-corrected chi connectivity index (χ2v) is 3.80. The molecule has 1 saturated heterocycles. The molecule has 1 heterocycles. The van der Waals surface area contributed by atoms with E-state index in [1.807, 2.05) is 13.0 Å². The topological polar surface area (TPSA) is 75.4 Å². The zero-order valence-corrected chi connectivity index (χ0v) is 8.99. The van der Waals surface area contributed by atoms with Crippen molar-refractivity contribution in [2.75, 3.05) is 23.7 Å². The number of carbonyl (C=O) groups excluding carboxylic acids is 2. The summed E-state index contributed by atoms with van der Waals surface area (Å²) in [4.78, 5) is 24.3. The molecule has 1 aromatic rings. The molecule has 84 valence electrons. The molecule has 0 bridgehead atoms. The van der Waals surface area contributed by atoms with Crippen LogP contribution in [-0.4, -0.2) is 24.9 Å². The van der Waals surface area contributed by atoms with Crippen LogP contribution in [0.1, 0.15) is 5.56 Å². The maximum absolute atomic E-state index is 11.6. The van der Waals surface area contributed by atoms with Gasteiger partial charge in [0, 0.05) is 11.4 Å². The van der Waals surface area contributed by atoms with Gasteiger partial charge in [-0.25, -0.2) is 0 Å². The van der Waals surface area contributed by atoms with Crippen LogP contribution < -0.4 is 16.0 Å². The Hall–Kier alpha value is -2.04. The van der Waals surface area contributed by atoms with Gasteiger partial charge in [-0.15, -0.1) is 0 Å². The summed E-state index contributed by atoms with van der Waals surface area (Å²) in [6.07, 6.45) is 0. The predicted octanol–water partition coefficient (Wildman–Crippen LogP) is 0.0400. The van der Waals surface area contributed by atoms with E-state index in [0.717, 1.165) is 5.56 Å². The van der Waals surface area contributed by atoms with Crippen LogP contribution in [0.25, 0.3) is 0 Å². The number of aryl methyl sites for hydroxylation is 1. The average Bonchev–Trinajstić information content (AvgIpc) is 2.26. The third kappa shape index (κ3) is 1.84. The Bertz CT molecular complexity index is 457. The Kier molecular flexibility index (Phi) is 2.52. The van der Waals surface area contributed by atoms with Crippen LogP contribution in [0, 0.1) is 6.92 Å². The predicted molar refractivity (Wildman–Crippen MR) is 61.0 cm³/mol. The van der Waals surface area contributed by atoms with E-state index in [9.17, 15) is 9.59 Å². The number of hydrogen-bond donors (Lipinski definition) is 2. The van der Waals surface area contributed by atoms with E-state index in [1.165, 1.54) is 4.90 Å². The van der Waals surface area contributed by atoms with Crippen LogP contribution in [-0.2, 0) is 9.59 Å². The number of hydrogen-bond acceptors (Lipinski definition) is 3. The molecule has 1 aliphatic rings. The largest absolute Gasteiger partial charge is 0.398 e. The number of benzene rings is 1. The molecule has 5 heteroatoms. The van der Waals surface area contributed by atoms with E-state index in [4.69, 9.17) is 5.73 Å². The zero-order valence-electron chi connectivity index (χ0n) is 8.99. The quantitative estimate of drug-likeness (QED) is 0.655. The minimum absolute atomic E-state index is 0.0482. The van der Waals surface area contributed by atoms with Gasteiger partial charge in [0.2, 0.25) is 11.8 Å². The van der Waals surface area contributed by atoms with E-state index in [-0.39, 0.29) is 24.9 Å². The lowest BCUT2D eigenvalue weighted by Gasteiger charge is -2.27. The van der Waals surface area contributed by atoms with Crippen LogP contribution in [0.4, 0.5) is 11.4 Å². The number of carbonyl (C=O) groups is 2. The molecule has 0 unspecified atom stereocenters. The number of piperazine rings is 1. The summed E-state index contributed by atoms with van der Waals surface area (Å²) < 4.78 is 0. The van der Waals surface area contributed by atoms with Gasteiger partial charge in [0.25, 0.3) is 0 Å². The van der Waals surface area contributed by atoms with Crippen molar-refractivity contribution in [3.63, 3.8) is 0 Å². The molecule has 0 radical (unpaired) electrons. The number of nitrogens with zero attached hydrogens (tertiary/aromatic N) is 1. The number of amides is 2. The van der Waals surface area contributed by atoms with Crippen LogP contribution in [0.5, 0.6) is 0 Å². The lowest BCUT2D eigenvalue weighted by molar-refractivity contribution is -0.128. The number of anilines is 2. The molecule has 0 spiro atoms. The molecule has 5 nitrogen and oxygen atoms in total. The zero-order chi connectivity index (χ0) is 11.7. The Labute approximate surface area is 93.2 Å². The Morgan fingerprint density at radius 3 is 2.81 bits per heavy atom. The highest BCUT2D eigenvalue weighted by atomic mass is 16.2. The normalized spacial score (nSPS) is 16.2. The lowest BCUT2D eigenvalue weighted by atomic mass is 10.1. The summed E-state index contributed by atoms with van der Waals surface area (Å²) in [7, 11) is 0. The van der Waals surface area contributed by atoms with Crippen molar-refractivity contribution in [3.8, 4) is 0 Å². The first-order chi connectivity index (χ1) is 7.58. The van der Waals surface area contributed by atoms with Gasteiger partial charge >= 0.3 is 0 Å². The lowest BCUT2D eigenvalue weighted by Crippen LogP contribution is -2.51. The fourth-order valence-corrected chi connectivity index (χ4v) is 1.59. The van der Waals surface area contributed by atoms with Gasteiger partial charge in [-0.1, -0.05) is 6.07 Å². The molecule has 3 N–H and O–H groups in total. The van der Waals surface area contributed by atoms with Crippen molar-refractivity contribution in [1.82, 2.24) is 5.32 Å². The molecular weight excluding hydrogens is 206 g/mol. The monoisotopic (exact) mass is 219 g/mol. The number of rotatable bonds is 1. The highest BCUT2D eigenvalue weighted by Gasteiger charge is 2.24. The van der Waals surface area contributed by atoms with Crippen LogP contribution in [0.3, 0.4) is 0 Å². The fraction of sp³-hybridized carbons (Fsp3) is 0.273. The third-order valence-corrected chi connectivity index (χ3v) is 2.61. The van der Waals surface area contributed by atoms with Gasteiger partial charge in [-0.2, -0.15) is 0 Å². The van der Waals surface area contributed by atoms with Crippen LogP contribution in [0.2, 0.25) is 0 Å². The van der Waals surface area contributed by atoms with Gasteiger partial charge < -0.3 is 16.0 Å². The molecule has 2 amide bonds. The fourth-order valence-electron chi connectivity index (χ4n) is 1.59. The van der Waals surface area contributed by atoms with Crippen molar-refractivity contribution in [1.29, 1.82) is 0 Å². The number of nitrogens with two attached hydrogens (primary N) is 1. The molecule has 1 aliphatic heterocycles. The summed E-state index contributed by atoms with van der Waals surface area (Å²) in [6, 6.07) is 5.35. The smallest absolute Gasteiger partial charge is 0.246 e. The summed E-state index contributed by atoms with van der Waals surface area (Å²) in [6.45, 7) is 2.00. The van der Waals surface area contributed by atoms with Crippen molar-refractivity contribution >= 4 is 23.2 Å². The third-order valence-electron chi connectivity index (χ3n) is 2.61. The first-order valence-corrected chi connectivity index (χ1v) is 5.01. The van der Waals surface area contributed by atoms with Gasteiger partial charge in [0.1, 0.15) is 6.54 Å². The molecule has 2 rings (SSSR count). The highest BCUT2D eigenvalue weighted by Crippen LogP contribution is 2.21. The number of nitrogen functional groups attached to an aromatic ring is 1. The van der Waals surface area contributed by atoms with E-state index in [0.29, 0.717) is 11.4 Å². The summed E-state index contributed by atoms with van der Waals surface area (Å²) in [5.41, 5.74) is 8.02. The van der Waals surface area contributed by atoms with Gasteiger partial charge in [0.05, 0.1) is 6.54 Å². The van der Waals surface area contributed by atoms with Crippen molar-refractivity contribution in [2.24, 2.45) is 0 Å². The number of nitrogens with one attached hydrogen (secondary N) is 1. The second kappa shape index (κ2) is 3.84. The molecule has 0 aromatic heterocycles. The average molecular weight is 219 g/mol. The van der Waals surface area contributed by atoms with E-state index in [1.54, 1.807) is 12.1 Å². The second-order valence-electron chi connectivity index (χ2n) is 3.80. The summed E-state index contributed by atoms with van der Waals surface area (Å²) in [5, 5.41) is 2.50. The Morgan fingerprint density at radius 1 is 1.38 bits per heavy atom. The minimum atomic E-state index is -0.154. The SMILES string of the molecule is Cc1ccc(N2CC(=O)NCC2=O)cc1N. The van der Waals surface area contributed by atoms with Crippen molar-refractivity contribution in [3.05, 3.63) is 23.8 Å². The molecule has 16 heavy (non-hydrogen) atoms. The minimum Gasteiger partial charge on any atom is -0.398 e. The Morgan fingerprint density at radius 2 is 2.12 bits per heavy atom. The van der Waals surface area contributed by atoms with Gasteiger partial charge in [-0.3, -0.25) is 9.59 Å².